The summed E-state index contributed by atoms with van der Waals surface area (Å²) in [6.07, 6.45) is 0. The summed E-state index contributed by atoms with van der Waals surface area (Å²) in [5.41, 5.74) is 0. The number of sulfonamides is 1. The van der Waals surface area contributed by atoms with E-state index in [4.69, 9.17) is 4.43 Å². The minimum atomic E-state index is -3.71. The third kappa shape index (κ3) is 3.53. The van der Waals surface area contributed by atoms with Crippen LogP contribution >= 0.6 is 0 Å². The third-order valence-corrected chi connectivity index (χ3v) is 9.47. The molecular formula is C13H23NO4SSi. The molecule has 0 radical (unpaired) electrons. The van der Waals surface area contributed by atoms with E-state index in [1.165, 1.54) is 19.2 Å². The van der Waals surface area contributed by atoms with Crippen molar-refractivity contribution in [3.63, 3.8) is 0 Å². The quantitative estimate of drug-likeness (QED) is 0.837. The van der Waals surface area contributed by atoms with Crippen molar-refractivity contribution in [2.24, 2.45) is 0 Å². The molecule has 0 aromatic heterocycles. The van der Waals surface area contributed by atoms with E-state index in [1.54, 1.807) is 6.07 Å². The Bertz CT molecular complexity index is 591. The van der Waals surface area contributed by atoms with Crippen molar-refractivity contribution < 1.29 is 18.0 Å². The zero-order valence-corrected chi connectivity index (χ0v) is 14.6. The predicted octanol–water partition coefficient (Wildman–Crippen LogP) is 2.68. The van der Waals surface area contributed by atoms with Gasteiger partial charge in [0.05, 0.1) is 0 Å². The number of hydrogen-bond donors (Lipinski definition) is 2. The summed E-state index contributed by atoms with van der Waals surface area (Å²) in [7, 11) is -4.46. The van der Waals surface area contributed by atoms with Crippen LogP contribution < -0.4 is 9.15 Å². The van der Waals surface area contributed by atoms with Crippen molar-refractivity contribution in [3.8, 4) is 11.5 Å². The average Bonchev–Trinajstić information content (AvgIpc) is 2.29. The van der Waals surface area contributed by atoms with Gasteiger partial charge in [0, 0.05) is 6.07 Å². The van der Waals surface area contributed by atoms with Crippen LogP contribution in [0.2, 0.25) is 18.1 Å². The second-order valence-corrected chi connectivity index (χ2v) is 12.8. The van der Waals surface area contributed by atoms with Gasteiger partial charge in [-0.05, 0) is 37.3 Å². The largest absolute Gasteiger partial charge is 0.543 e. The number of phenolic OH excluding ortho intramolecular Hbond substituents is 1. The van der Waals surface area contributed by atoms with Gasteiger partial charge in [-0.2, -0.15) is 0 Å². The Hall–Kier alpha value is -1.05. The van der Waals surface area contributed by atoms with Gasteiger partial charge in [0.1, 0.15) is 16.4 Å². The van der Waals surface area contributed by atoms with Crippen molar-refractivity contribution in [1.29, 1.82) is 0 Å². The molecule has 0 unspecified atom stereocenters. The molecule has 20 heavy (non-hydrogen) atoms. The molecule has 1 aromatic carbocycles. The number of aromatic hydroxyl groups is 1. The van der Waals surface area contributed by atoms with Crippen molar-refractivity contribution >= 4 is 18.3 Å². The molecule has 0 heterocycles. The minimum Gasteiger partial charge on any atom is -0.543 e. The fraction of sp³-hybridized carbons (Fsp3) is 0.538. The molecule has 7 heteroatoms. The summed E-state index contributed by atoms with van der Waals surface area (Å²) >= 11 is 0. The van der Waals surface area contributed by atoms with Gasteiger partial charge in [-0.15, -0.1) is 0 Å². The van der Waals surface area contributed by atoms with E-state index in [1.807, 2.05) is 0 Å². The first-order chi connectivity index (χ1) is 8.90. The highest BCUT2D eigenvalue weighted by molar-refractivity contribution is 7.89. The van der Waals surface area contributed by atoms with Crippen LogP contribution in [0.25, 0.3) is 0 Å². The predicted molar refractivity (Wildman–Crippen MR) is 82.2 cm³/mol. The van der Waals surface area contributed by atoms with Gasteiger partial charge in [-0.25, -0.2) is 13.1 Å². The lowest BCUT2D eigenvalue weighted by molar-refractivity contribution is 0.451. The molecule has 0 bridgehead atoms. The van der Waals surface area contributed by atoms with E-state index in [0.717, 1.165) is 0 Å². The Kier molecular flexibility index (Phi) is 4.57. The van der Waals surface area contributed by atoms with E-state index in [9.17, 15) is 13.5 Å². The first-order valence-electron chi connectivity index (χ1n) is 6.36. The van der Waals surface area contributed by atoms with Gasteiger partial charge in [0.2, 0.25) is 18.3 Å². The number of benzene rings is 1. The average molecular weight is 317 g/mol. The van der Waals surface area contributed by atoms with Crippen molar-refractivity contribution in [3.05, 3.63) is 18.2 Å². The molecule has 0 amide bonds. The van der Waals surface area contributed by atoms with Crippen molar-refractivity contribution in [1.82, 2.24) is 4.72 Å². The summed E-state index contributed by atoms with van der Waals surface area (Å²) in [6.45, 7) is 10.5. The second kappa shape index (κ2) is 5.38. The van der Waals surface area contributed by atoms with E-state index in [-0.39, 0.29) is 15.7 Å². The van der Waals surface area contributed by atoms with Gasteiger partial charge < -0.3 is 9.53 Å². The Morgan fingerprint density at radius 3 is 2.25 bits per heavy atom. The van der Waals surface area contributed by atoms with Crippen LogP contribution in [0.1, 0.15) is 20.8 Å². The normalized spacial score (nSPS) is 13.3. The summed E-state index contributed by atoms with van der Waals surface area (Å²) in [4.78, 5) is -0.170. The molecule has 5 nitrogen and oxygen atoms in total. The topological polar surface area (TPSA) is 75.6 Å². The first-order valence-corrected chi connectivity index (χ1v) is 10.8. The van der Waals surface area contributed by atoms with E-state index >= 15 is 0 Å². The Balaban J connectivity index is 3.22. The van der Waals surface area contributed by atoms with E-state index in [0.29, 0.717) is 5.75 Å². The van der Waals surface area contributed by atoms with Gasteiger partial charge in [0.25, 0.3) is 0 Å². The lowest BCUT2D eigenvalue weighted by atomic mass is 10.2. The maximum absolute atomic E-state index is 11.8. The first kappa shape index (κ1) is 17.0. The molecule has 0 fully saturated rings. The maximum Gasteiger partial charge on any atom is 0.250 e. The van der Waals surface area contributed by atoms with Crippen LogP contribution in [0.4, 0.5) is 0 Å². The zero-order valence-electron chi connectivity index (χ0n) is 12.8. The van der Waals surface area contributed by atoms with Crippen LogP contribution in [0.3, 0.4) is 0 Å². The molecule has 0 aliphatic heterocycles. The highest BCUT2D eigenvalue weighted by atomic mass is 32.2. The van der Waals surface area contributed by atoms with Gasteiger partial charge in [-0.1, -0.05) is 20.8 Å². The molecule has 114 valence electrons. The fourth-order valence-corrected chi connectivity index (χ4v) is 3.19. The fourth-order valence-electron chi connectivity index (χ4n) is 1.33. The molecule has 0 saturated carbocycles. The number of hydrogen-bond acceptors (Lipinski definition) is 4. The van der Waals surface area contributed by atoms with Gasteiger partial charge in [-0.3, -0.25) is 0 Å². The van der Waals surface area contributed by atoms with Crippen molar-refractivity contribution in [2.45, 2.75) is 43.8 Å². The highest BCUT2D eigenvalue weighted by Crippen LogP contribution is 2.38. The van der Waals surface area contributed by atoms with Gasteiger partial charge in [0.15, 0.2) is 0 Å². The van der Waals surface area contributed by atoms with E-state index < -0.39 is 18.3 Å². The lowest BCUT2D eigenvalue weighted by Crippen LogP contribution is -2.43. The smallest absolute Gasteiger partial charge is 0.250 e. The molecule has 0 aliphatic carbocycles. The summed E-state index contributed by atoms with van der Waals surface area (Å²) in [6, 6.07) is 4.29. The molecule has 2 N–H and O–H groups in total. The SMILES string of the molecule is CNS(=O)(=O)c1cc(O[Si](C)(C)C(C)(C)C)ccc1O. The summed E-state index contributed by atoms with van der Waals surface area (Å²) in [5.74, 6) is 0.171. The number of nitrogens with one attached hydrogen (secondary N) is 1. The molecule has 1 aromatic rings. The highest BCUT2D eigenvalue weighted by Gasteiger charge is 2.39. The van der Waals surface area contributed by atoms with E-state index in [2.05, 4.69) is 38.6 Å². The molecule has 1 rings (SSSR count). The second-order valence-electron chi connectivity index (χ2n) is 6.20. The monoisotopic (exact) mass is 317 g/mol. The van der Waals surface area contributed by atoms with Crippen LogP contribution in [-0.2, 0) is 10.0 Å². The van der Waals surface area contributed by atoms with Crippen LogP contribution in [0.5, 0.6) is 11.5 Å². The molecule has 0 saturated heterocycles. The molecule has 0 atom stereocenters. The van der Waals surface area contributed by atoms with Crippen LogP contribution in [0.15, 0.2) is 23.1 Å². The Morgan fingerprint density at radius 2 is 1.80 bits per heavy atom. The zero-order chi connectivity index (χ0) is 15.8. The maximum atomic E-state index is 11.8. The Labute approximate surface area is 122 Å². The molecule has 0 spiro atoms. The van der Waals surface area contributed by atoms with Crippen LogP contribution in [0, 0.1) is 0 Å². The Morgan fingerprint density at radius 1 is 1.25 bits per heavy atom. The summed E-state index contributed by atoms with van der Waals surface area (Å²) < 4.78 is 31.9. The van der Waals surface area contributed by atoms with Gasteiger partial charge >= 0.3 is 0 Å². The number of phenols is 1. The standard InChI is InChI=1S/C13H23NO4SSi/c1-13(2,3)20(5,6)18-10-7-8-11(15)12(9-10)19(16,17)14-4/h7-9,14-15H,1-6H3. The lowest BCUT2D eigenvalue weighted by Gasteiger charge is -2.36. The van der Waals surface area contributed by atoms with Crippen molar-refractivity contribution in [2.75, 3.05) is 7.05 Å². The number of rotatable bonds is 4. The molecule has 0 aliphatic rings. The summed E-state index contributed by atoms with van der Waals surface area (Å²) in [5, 5.41) is 9.70. The van der Waals surface area contributed by atoms with Crippen LogP contribution in [-0.4, -0.2) is 28.9 Å². The third-order valence-electron chi connectivity index (χ3n) is 3.67. The minimum absolute atomic E-state index is 0.00688. The molecular weight excluding hydrogens is 294 g/mol.